The molecule has 1 fully saturated rings. The van der Waals surface area contributed by atoms with Gasteiger partial charge in [-0.1, -0.05) is 0 Å². The van der Waals surface area contributed by atoms with Gasteiger partial charge in [0.25, 0.3) is 5.91 Å². The molecule has 1 aliphatic heterocycles. The number of nitrogens with zero attached hydrogens (tertiary/aromatic N) is 2. The number of carbonyl (C=O) groups is 2. The van der Waals surface area contributed by atoms with Crippen molar-refractivity contribution in [1.82, 2.24) is 20.9 Å². The molecule has 0 spiro atoms. The molecule has 1 atom stereocenters. The van der Waals surface area contributed by atoms with Gasteiger partial charge in [0.15, 0.2) is 6.61 Å². The van der Waals surface area contributed by atoms with Crippen LogP contribution in [0.2, 0.25) is 0 Å². The molecule has 3 N–H and O–H groups in total. The average Bonchev–Trinajstić information content (AvgIpc) is 3.48. The Kier molecular flexibility index (Phi) is 6.51. The number of rotatable bonds is 8. The van der Waals surface area contributed by atoms with Crippen molar-refractivity contribution in [3.8, 4) is 5.88 Å². The van der Waals surface area contributed by atoms with Gasteiger partial charge in [0.1, 0.15) is 0 Å². The maximum absolute atomic E-state index is 13.0. The Balaban J connectivity index is 1.63. The number of aryl methyl sites for hydroxylation is 1. The number of carbonyl (C=O) groups excluding carboxylic acids is 2. The Morgan fingerprint density at radius 3 is 2.68 bits per heavy atom. The first-order valence-electron chi connectivity index (χ1n) is 9.80. The maximum Gasteiger partial charge on any atom is 0.422 e. The maximum atomic E-state index is 13.0. The van der Waals surface area contributed by atoms with Crippen LogP contribution in [0.5, 0.6) is 5.88 Å². The molecule has 1 aliphatic carbocycles. The molecule has 0 aromatic carbocycles. The molecule has 2 amide bonds. The molecule has 1 aromatic heterocycles. The monoisotopic (exact) mass is 439 g/mol. The molecule has 2 heterocycles. The molecule has 0 bridgehead atoms. The SMILES string of the molecule is CC1=CN=CC(NC(=O)CC2CC2)(C(=O)NCc2cnc(OCC(F)(F)F)c(C)c2)N1. The van der Waals surface area contributed by atoms with Crippen molar-refractivity contribution in [2.24, 2.45) is 10.9 Å². The Morgan fingerprint density at radius 1 is 1.32 bits per heavy atom. The van der Waals surface area contributed by atoms with Crippen molar-refractivity contribution in [2.45, 2.75) is 51.5 Å². The molecule has 0 radical (unpaired) electrons. The Labute approximate surface area is 177 Å². The molecular weight excluding hydrogens is 415 g/mol. The summed E-state index contributed by atoms with van der Waals surface area (Å²) in [4.78, 5) is 33.3. The number of ether oxygens (including phenoxy) is 1. The van der Waals surface area contributed by atoms with E-state index in [1.54, 1.807) is 19.9 Å². The first-order chi connectivity index (χ1) is 14.6. The quantitative estimate of drug-likeness (QED) is 0.576. The average molecular weight is 439 g/mol. The zero-order valence-electron chi connectivity index (χ0n) is 17.2. The Hall–Kier alpha value is -3.11. The van der Waals surface area contributed by atoms with Gasteiger partial charge in [-0.25, -0.2) is 4.98 Å². The lowest BCUT2D eigenvalue weighted by Gasteiger charge is -2.33. The molecule has 3 rings (SSSR count). The van der Waals surface area contributed by atoms with Gasteiger partial charge < -0.3 is 20.7 Å². The molecule has 8 nitrogen and oxygen atoms in total. The number of hydrogen-bond acceptors (Lipinski definition) is 6. The number of alkyl halides is 3. The molecule has 1 unspecified atom stereocenters. The predicted octanol–water partition coefficient (Wildman–Crippen LogP) is 2.10. The van der Waals surface area contributed by atoms with E-state index in [9.17, 15) is 22.8 Å². The van der Waals surface area contributed by atoms with Gasteiger partial charge in [-0.15, -0.1) is 0 Å². The first kappa shape index (κ1) is 22.6. The first-order valence-corrected chi connectivity index (χ1v) is 9.80. The van der Waals surface area contributed by atoms with Crippen molar-refractivity contribution in [1.29, 1.82) is 0 Å². The summed E-state index contributed by atoms with van der Waals surface area (Å²) in [5, 5.41) is 8.41. The number of nitrogens with one attached hydrogen (secondary N) is 3. The molecule has 11 heteroatoms. The Morgan fingerprint density at radius 2 is 2.06 bits per heavy atom. The van der Waals surface area contributed by atoms with Crippen LogP contribution >= 0.6 is 0 Å². The van der Waals surface area contributed by atoms with E-state index in [-0.39, 0.29) is 18.3 Å². The van der Waals surface area contributed by atoms with Crippen LogP contribution < -0.4 is 20.7 Å². The van der Waals surface area contributed by atoms with E-state index in [1.165, 1.54) is 18.6 Å². The molecule has 1 aromatic rings. The lowest BCUT2D eigenvalue weighted by atomic mass is 10.1. The molecular formula is C20H24F3N5O3. The lowest BCUT2D eigenvalue weighted by molar-refractivity contribution is -0.154. The summed E-state index contributed by atoms with van der Waals surface area (Å²) >= 11 is 0. The third-order valence-corrected chi connectivity index (χ3v) is 4.71. The number of hydrogen-bond donors (Lipinski definition) is 3. The van der Waals surface area contributed by atoms with Crippen LogP contribution in [0.3, 0.4) is 0 Å². The van der Waals surface area contributed by atoms with Crippen molar-refractivity contribution in [3.63, 3.8) is 0 Å². The summed E-state index contributed by atoms with van der Waals surface area (Å²) in [6.07, 6.45) is 2.08. The van der Waals surface area contributed by atoms with Gasteiger partial charge in [0.2, 0.25) is 17.5 Å². The van der Waals surface area contributed by atoms with Gasteiger partial charge >= 0.3 is 6.18 Å². The number of allylic oxidation sites excluding steroid dienone is 1. The van der Waals surface area contributed by atoms with Crippen LogP contribution in [0.4, 0.5) is 13.2 Å². The summed E-state index contributed by atoms with van der Waals surface area (Å²) in [6, 6.07) is 1.57. The molecule has 31 heavy (non-hydrogen) atoms. The van der Waals surface area contributed by atoms with Crippen molar-refractivity contribution < 1.29 is 27.5 Å². The van der Waals surface area contributed by atoms with Gasteiger partial charge in [0.05, 0.1) is 6.21 Å². The molecule has 0 saturated heterocycles. The van der Waals surface area contributed by atoms with E-state index in [4.69, 9.17) is 0 Å². The van der Waals surface area contributed by atoms with Gasteiger partial charge in [0, 0.05) is 36.6 Å². The highest BCUT2D eigenvalue weighted by atomic mass is 19.4. The summed E-state index contributed by atoms with van der Waals surface area (Å²) in [5.74, 6) is -0.555. The van der Waals surface area contributed by atoms with Crippen molar-refractivity contribution in [3.05, 3.63) is 35.3 Å². The minimum Gasteiger partial charge on any atom is -0.468 e. The predicted molar refractivity (Wildman–Crippen MR) is 106 cm³/mol. The summed E-state index contributed by atoms with van der Waals surface area (Å²) in [6.45, 7) is 1.90. The minimum absolute atomic E-state index is 0.0464. The molecule has 168 valence electrons. The highest BCUT2D eigenvalue weighted by molar-refractivity contribution is 6.06. The third kappa shape index (κ3) is 6.43. The van der Waals surface area contributed by atoms with E-state index < -0.39 is 24.4 Å². The van der Waals surface area contributed by atoms with E-state index in [0.717, 1.165) is 12.8 Å². The van der Waals surface area contributed by atoms with Crippen LogP contribution in [0.15, 0.2) is 29.2 Å². The van der Waals surface area contributed by atoms with Crippen LogP contribution in [-0.2, 0) is 16.1 Å². The number of amides is 2. The van der Waals surface area contributed by atoms with E-state index in [2.05, 4.69) is 30.7 Å². The van der Waals surface area contributed by atoms with Crippen LogP contribution in [0.1, 0.15) is 37.3 Å². The van der Waals surface area contributed by atoms with E-state index in [1.807, 2.05) is 0 Å². The van der Waals surface area contributed by atoms with Crippen molar-refractivity contribution in [2.75, 3.05) is 6.61 Å². The lowest BCUT2D eigenvalue weighted by Crippen LogP contribution is -2.68. The number of aromatic nitrogens is 1. The summed E-state index contributed by atoms with van der Waals surface area (Å²) in [5.41, 5.74) is 0.0422. The van der Waals surface area contributed by atoms with Crippen LogP contribution in [-0.4, -0.2) is 41.5 Å². The zero-order chi connectivity index (χ0) is 22.6. The summed E-state index contributed by atoms with van der Waals surface area (Å²) < 4.78 is 41.6. The van der Waals surface area contributed by atoms with Gasteiger partial charge in [-0.3, -0.25) is 14.6 Å². The second-order valence-electron chi connectivity index (χ2n) is 7.77. The summed E-state index contributed by atoms with van der Waals surface area (Å²) in [7, 11) is 0. The van der Waals surface area contributed by atoms with E-state index >= 15 is 0 Å². The standard InChI is InChI=1S/C20H24F3N5O3/c1-12-5-15(8-25-17(12)31-11-20(21,22)23)9-26-18(30)19(10-24-7-13(2)27-19)28-16(29)6-14-3-4-14/h5,7-8,10,14,27H,3-4,6,9,11H2,1-2H3,(H,26,30)(H,28,29). The Bertz CT molecular complexity index is 912. The number of halogens is 3. The highest BCUT2D eigenvalue weighted by Crippen LogP contribution is 2.32. The molecule has 1 saturated carbocycles. The third-order valence-electron chi connectivity index (χ3n) is 4.71. The van der Waals surface area contributed by atoms with E-state index in [0.29, 0.717) is 29.2 Å². The second kappa shape index (κ2) is 8.94. The zero-order valence-corrected chi connectivity index (χ0v) is 17.2. The fourth-order valence-electron chi connectivity index (χ4n) is 3.07. The number of pyridine rings is 1. The fraction of sp³-hybridized carbons (Fsp3) is 0.500. The normalized spacial score (nSPS) is 20.5. The van der Waals surface area contributed by atoms with Crippen molar-refractivity contribution >= 4 is 18.0 Å². The van der Waals surface area contributed by atoms with Crippen LogP contribution in [0, 0.1) is 12.8 Å². The largest absolute Gasteiger partial charge is 0.468 e. The smallest absolute Gasteiger partial charge is 0.422 e. The van der Waals surface area contributed by atoms with Crippen LogP contribution in [0.25, 0.3) is 0 Å². The number of aliphatic imine (C=N–C) groups is 1. The fourth-order valence-corrected chi connectivity index (χ4v) is 3.07. The second-order valence-corrected chi connectivity index (χ2v) is 7.77. The highest BCUT2D eigenvalue weighted by Gasteiger charge is 2.40. The minimum atomic E-state index is -4.46. The van der Waals surface area contributed by atoms with Gasteiger partial charge in [-0.05, 0) is 44.2 Å². The molecule has 2 aliphatic rings. The van der Waals surface area contributed by atoms with Gasteiger partial charge in [-0.2, -0.15) is 13.2 Å². The topological polar surface area (TPSA) is 105 Å².